The SMILES string of the molecule is FC(F)(F)c1cccc(-n2cccc2C2C(c3ccccn3)NC(=S)N2CC2CCCO2)c1. The lowest BCUT2D eigenvalue weighted by Gasteiger charge is -2.30. The highest BCUT2D eigenvalue weighted by Gasteiger charge is 2.42. The highest BCUT2D eigenvalue weighted by molar-refractivity contribution is 7.80. The summed E-state index contributed by atoms with van der Waals surface area (Å²) in [5.41, 5.74) is 1.41. The van der Waals surface area contributed by atoms with Crippen LogP contribution < -0.4 is 5.32 Å². The number of hydrogen-bond acceptors (Lipinski definition) is 3. The summed E-state index contributed by atoms with van der Waals surface area (Å²) in [6, 6.07) is 14.3. The molecular weight excluding hydrogens is 449 g/mol. The molecule has 0 bridgehead atoms. The number of hydrogen-bond donors (Lipinski definition) is 1. The number of benzene rings is 1. The van der Waals surface area contributed by atoms with Gasteiger partial charge in [0.2, 0.25) is 0 Å². The fraction of sp³-hybridized carbons (Fsp3) is 0.333. The second kappa shape index (κ2) is 8.79. The van der Waals surface area contributed by atoms with E-state index in [1.165, 1.54) is 12.1 Å². The van der Waals surface area contributed by atoms with Crippen molar-refractivity contribution in [3.05, 3.63) is 83.9 Å². The average molecular weight is 473 g/mol. The van der Waals surface area contributed by atoms with Crippen LogP contribution in [0.2, 0.25) is 0 Å². The zero-order valence-electron chi connectivity index (χ0n) is 17.7. The zero-order chi connectivity index (χ0) is 23.0. The first kappa shape index (κ1) is 21.9. The molecular formula is C24H23F3N4OS. The van der Waals surface area contributed by atoms with Gasteiger partial charge in [-0.25, -0.2) is 0 Å². The summed E-state index contributed by atoms with van der Waals surface area (Å²) in [6.45, 7) is 1.33. The van der Waals surface area contributed by atoms with Gasteiger partial charge in [-0.1, -0.05) is 12.1 Å². The molecule has 2 aliphatic heterocycles. The molecule has 3 atom stereocenters. The van der Waals surface area contributed by atoms with Crippen LogP contribution in [0.25, 0.3) is 5.69 Å². The number of halogens is 3. The Balaban J connectivity index is 1.57. The van der Waals surface area contributed by atoms with Gasteiger partial charge in [-0.2, -0.15) is 13.2 Å². The number of aromatic nitrogens is 2. The molecule has 2 aliphatic rings. The van der Waals surface area contributed by atoms with Crippen molar-refractivity contribution in [3.8, 4) is 5.69 Å². The lowest BCUT2D eigenvalue weighted by molar-refractivity contribution is -0.137. The van der Waals surface area contributed by atoms with Crippen molar-refractivity contribution in [1.29, 1.82) is 0 Å². The van der Waals surface area contributed by atoms with Crippen molar-refractivity contribution >= 4 is 17.3 Å². The number of ether oxygens (including phenoxy) is 1. The highest BCUT2D eigenvalue weighted by atomic mass is 32.1. The summed E-state index contributed by atoms with van der Waals surface area (Å²) in [5, 5.41) is 3.98. The van der Waals surface area contributed by atoms with E-state index in [0.717, 1.165) is 36.9 Å². The number of alkyl halides is 3. The van der Waals surface area contributed by atoms with Gasteiger partial charge in [0, 0.05) is 36.9 Å². The molecule has 0 amide bonds. The van der Waals surface area contributed by atoms with Crippen LogP contribution in [0.3, 0.4) is 0 Å². The third kappa shape index (κ3) is 4.35. The van der Waals surface area contributed by atoms with Crippen molar-refractivity contribution in [2.24, 2.45) is 0 Å². The van der Waals surface area contributed by atoms with Crippen LogP contribution in [-0.4, -0.2) is 38.8 Å². The Labute approximate surface area is 195 Å². The van der Waals surface area contributed by atoms with E-state index in [1.807, 2.05) is 30.3 Å². The Bertz CT molecular complexity index is 1130. The van der Waals surface area contributed by atoms with Gasteiger partial charge < -0.3 is 19.5 Å². The van der Waals surface area contributed by atoms with Gasteiger partial charge in [0.05, 0.1) is 29.4 Å². The molecule has 2 aromatic heterocycles. The van der Waals surface area contributed by atoms with Crippen LogP contribution in [0.1, 0.15) is 41.9 Å². The van der Waals surface area contributed by atoms with E-state index < -0.39 is 11.7 Å². The molecule has 33 heavy (non-hydrogen) atoms. The first-order chi connectivity index (χ1) is 15.9. The number of nitrogens with one attached hydrogen (secondary N) is 1. The Morgan fingerprint density at radius 3 is 2.73 bits per heavy atom. The van der Waals surface area contributed by atoms with Gasteiger partial charge >= 0.3 is 6.18 Å². The molecule has 0 radical (unpaired) electrons. The lowest BCUT2D eigenvalue weighted by atomic mass is 10.0. The van der Waals surface area contributed by atoms with Gasteiger partial charge in [0.15, 0.2) is 5.11 Å². The molecule has 0 aliphatic carbocycles. The molecule has 4 heterocycles. The Kier molecular flexibility index (Phi) is 5.84. The summed E-state index contributed by atoms with van der Waals surface area (Å²) in [7, 11) is 0. The Hall–Kier alpha value is -2.91. The fourth-order valence-corrected chi connectivity index (χ4v) is 4.95. The maximum Gasteiger partial charge on any atom is 0.416 e. The predicted molar refractivity (Wildman–Crippen MR) is 122 cm³/mol. The topological polar surface area (TPSA) is 42.3 Å². The van der Waals surface area contributed by atoms with Crippen LogP contribution in [0.5, 0.6) is 0 Å². The number of pyridine rings is 1. The van der Waals surface area contributed by atoms with E-state index in [1.54, 1.807) is 23.0 Å². The molecule has 0 saturated carbocycles. The van der Waals surface area contributed by atoms with Gasteiger partial charge in [-0.05, 0) is 67.5 Å². The quantitative estimate of drug-likeness (QED) is 0.527. The molecule has 0 spiro atoms. The molecule has 3 aromatic rings. The first-order valence-electron chi connectivity index (χ1n) is 10.9. The number of rotatable bonds is 5. The monoisotopic (exact) mass is 472 g/mol. The minimum atomic E-state index is -4.41. The Morgan fingerprint density at radius 2 is 2.00 bits per heavy atom. The molecule has 172 valence electrons. The summed E-state index contributed by atoms with van der Waals surface area (Å²) < 4.78 is 47.8. The normalized spacial score (nSPS) is 23.2. The maximum absolute atomic E-state index is 13.4. The maximum atomic E-state index is 13.4. The summed E-state index contributed by atoms with van der Waals surface area (Å²) in [6.07, 6.45) is 1.12. The molecule has 9 heteroatoms. The van der Waals surface area contributed by atoms with Gasteiger partial charge in [0.25, 0.3) is 0 Å². The number of thiocarbonyl (C=S) groups is 1. The third-order valence-corrected chi connectivity index (χ3v) is 6.51. The predicted octanol–water partition coefficient (Wildman–Crippen LogP) is 5.04. The van der Waals surface area contributed by atoms with Crippen molar-refractivity contribution in [2.75, 3.05) is 13.2 Å². The fourth-order valence-electron chi connectivity index (χ4n) is 4.63. The molecule has 5 rings (SSSR count). The summed E-state index contributed by atoms with van der Waals surface area (Å²) >= 11 is 5.71. The number of nitrogens with zero attached hydrogens (tertiary/aromatic N) is 3. The molecule has 1 N–H and O–H groups in total. The van der Waals surface area contributed by atoms with Crippen LogP contribution in [0.4, 0.5) is 13.2 Å². The summed E-state index contributed by atoms with van der Waals surface area (Å²) in [4.78, 5) is 6.62. The second-order valence-corrected chi connectivity index (χ2v) is 8.65. The lowest BCUT2D eigenvalue weighted by Crippen LogP contribution is -2.36. The molecule has 3 unspecified atom stereocenters. The first-order valence-corrected chi connectivity index (χ1v) is 11.3. The van der Waals surface area contributed by atoms with Crippen LogP contribution >= 0.6 is 12.2 Å². The molecule has 1 aromatic carbocycles. The van der Waals surface area contributed by atoms with Crippen LogP contribution in [0, 0.1) is 0 Å². The van der Waals surface area contributed by atoms with E-state index in [-0.39, 0.29) is 18.2 Å². The zero-order valence-corrected chi connectivity index (χ0v) is 18.5. The van der Waals surface area contributed by atoms with E-state index in [4.69, 9.17) is 17.0 Å². The van der Waals surface area contributed by atoms with E-state index in [9.17, 15) is 13.2 Å². The van der Waals surface area contributed by atoms with E-state index in [0.29, 0.717) is 17.3 Å². The van der Waals surface area contributed by atoms with Gasteiger partial charge in [-0.3, -0.25) is 4.98 Å². The molecule has 2 saturated heterocycles. The second-order valence-electron chi connectivity index (χ2n) is 8.27. The van der Waals surface area contributed by atoms with Gasteiger partial charge in [0.1, 0.15) is 0 Å². The standard InChI is InChI=1S/C24H23F3N4OS/c25-24(26,27)16-6-3-7-17(14-16)30-12-4-10-20(30)22-21(19-9-1-2-11-28-19)29-23(33)31(22)15-18-8-5-13-32-18/h1-4,6-7,9-12,14,18,21-22H,5,8,13,15H2,(H,29,33). The van der Waals surface area contributed by atoms with Crippen LogP contribution in [-0.2, 0) is 10.9 Å². The van der Waals surface area contributed by atoms with Crippen molar-refractivity contribution in [2.45, 2.75) is 37.2 Å². The van der Waals surface area contributed by atoms with Gasteiger partial charge in [-0.15, -0.1) is 0 Å². The molecule has 2 fully saturated rings. The smallest absolute Gasteiger partial charge is 0.376 e. The van der Waals surface area contributed by atoms with E-state index in [2.05, 4.69) is 15.2 Å². The highest BCUT2D eigenvalue weighted by Crippen LogP contribution is 2.40. The van der Waals surface area contributed by atoms with Crippen molar-refractivity contribution in [1.82, 2.24) is 19.8 Å². The molecule has 5 nitrogen and oxygen atoms in total. The summed E-state index contributed by atoms with van der Waals surface area (Å²) in [5.74, 6) is 0. The third-order valence-electron chi connectivity index (χ3n) is 6.16. The van der Waals surface area contributed by atoms with Crippen molar-refractivity contribution < 1.29 is 17.9 Å². The average Bonchev–Trinajstić information content (AvgIpc) is 3.55. The largest absolute Gasteiger partial charge is 0.416 e. The van der Waals surface area contributed by atoms with E-state index >= 15 is 0 Å². The van der Waals surface area contributed by atoms with Crippen LogP contribution in [0.15, 0.2) is 67.0 Å². The Morgan fingerprint density at radius 1 is 1.12 bits per heavy atom. The minimum Gasteiger partial charge on any atom is -0.376 e. The minimum absolute atomic E-state index is 0.0618. The van der Waals surface area contributed by atoms with Crippen molar-refractivity contribution in [3.63, 3.8) is 0 Å².